The summed E-state index contributed by atoms with van der Waals surface area (Å²) in [7, 11) is 0. The predicted molar refractivity (Wildman–Crippen MR) is 192 cm³/mol. The van der Waals surface area contributed by atoms with Crippen molar-refractivity contribution in [3.63, 3.8) is 0 Å². The first-order chi connectivity index (χ1) is 22.3. The normalized spacial score (nSPS) is 21.0. The second-order valence-electron chi connectivity index (χ2n) is 15.7. The zero-order valence-electron chi connectivity index (χ0n) is 30.2. The Morgan fingerprint density at radius 1 is 0.617 bits per heavy atom. The third-order valence-electron chi connectivity index (χ3n) is 10.7. The van der Waals surface area contributed by atoms with Crippen molar-refractivity contribution in [3.05, 3.63) is 93.0 Å². The van der Waals surface area contributed by atoms with Crippen molar-refractivity contribution < 1.29 is 19.3 Å². The Labute approximate surface area is 283 Å². The number of hydrogen-bond donors (Lipinski definition) is 1. The van der Waals surface area contributed by atoms with Gasteiger partial charge in [0.15, 0.2) is 0 Å². The molecule has 3 aromatic rings. The molecular formula is C41H56N2O4. The van der Waals surface area contributed by atoms with Crippen molar-refractivity contribution in [1.29, 1.82) is 0 Å². The number of aliphatic hydroxyl groups is 1. The number of aryl methyl sites for hydroxylation is 4. The maximum Gasteiger partial charge on any atom is 0.0984 e. The summed E-state index contributed by atoms with van der Waals surface area (Å²) >= 11 is 0. The second-order valence-corrected chi connectivity index (χ2v) is 15.7. The van der Waals surface area contributed by atoms with Gasteiger partial charge in [-0.25, -0.2) is 0 Å². The van der Waals surface area contributed by atoms with E-state index in [4.69, 9.17) is 14.2 Å². The second kappa shape index (κ2) is 13.2. The molecule has 3 saturated heterocycles. The van der Waals surface area contributed by atoms with E-state index in [-0.39, 0.29) is 23.4 Å². The van der Waals surface area contributed by atoms with Crippen LogP contribution >= 0.6 is 0 Å². The molecule has 254 valence electrons. The predicted octanol–water partition coefficient (Wildman–Crippen LogP) is 7.01. The molecule has 6 heteroatoms. The highest BCUT2D eigenvalue weighted by atomic mass is 16.6. The summed E-state index contributed by atoms with van der Waals surface area (Å²) in [6.45, 7) is 26.7. The molecule has 3 heterocycles. The third-order valence-corrected chi connectivity index (χ3v) is 10.7. The van der Waals surface area contributed by atoms with Gasteiger partial charge in [0.1, 0.15) is 0 Å². The number of ether oxygens (including phenoxy) is 3. The van der Waals surface area contributed by atoms with Gasteiger partial charge < -0.3 is 29.1 Å². The SMILES string of the molecule is Cc1cc(C(C)(C)c2ccc(C(C)(C)c3cc(C)c(N(CC4CO4)CC4CO4)c(C)c3)cc2)cc(C)c1N(CC(C)CO)CC1CO1. The van der Waals surface area contributed by atoms with E-state index in [1.165, 1.54) is 55.9 Å². The Balaban J connectivity index is 1.23. The van der Waals surface area contributed by atoms with Gasteiger partial charge in [0.05, 0.1) is 38.1 Å². The summed E-state index contributed by atoms with van der Waals surface area (Å²) in [5, 5.41) is 9.77. The van der Waals surface area contributed by atoms with Gasteiger partial charge in [0.2, 0.25) is 0 Å². The largest absolute Gasteiger partial charge is 0.396 e. The number of aliphatic hydroxyl groups excluding tert-OH is 1. The topological polar surface area (TPSA) is 64.3 Å². The van der Waals surface area contributed by atoms with Crippen LogP contribution in [0.25, 0.3) is 0 Å². The number of epoxide rings is 3. The minimum atomic E-state index is -0.158. The van der Waals surface area contributed by atoms with Crippen LogP contribution in [0.3, 0.4) is 0 Å². The Morgan fingerprint density at radius 2 is 0.936 bits per heavy atom. The molecule has 4 atom stereocenters. The van der Waals surface area contributed by atoms with Gasteiger partial charge >= 0.3 is 0 Å². The smallest absolute Gasteiger partial charge is 0.0984 e. The maximum atomic E-state index is 9.77. The molecule has 0 spiro atoms. The average molecular weight is 641 g/mol. The molecule has 0 aliphatic carbocycles. The van der Waals surface area contributed by atoms with Gasteiger partial charge in [-0.1, -0.05) is 83.1 Å². The first-order valence-corrected chi connectivity index (χ1v) is 17.6. The van der Waals surface area contributed by atoms with E-state index in [0.717, 1.165) is 46.0 Å². The number of nitrogens with zero attached hydrogens (tertiary/aromatic N) is 2. The molecule has 3 fully saturated rings. The molecule has 47 heavy (non-hydrogen) atoms. The van der Waals surface area contributed by atoms with Gasteiger partial charge in [-0.15, -0.1) is 0 Å². The number of rotatable bonds is 15. The highest BCUT2D eigenvalue weighted by molar-refractivity contribution is 5.63. The van der Waals surface area contributed by atoms with Gasteiger partial charge in [-0.3, -0.25) is 0 Å². The van der Waals surface area contributed by atoms with E-state index in [0.29, 0.717) is 18.3 Å². The summed E-state index contributed by atoms with van der Waals surface area (Å²) in [6.07, 6.45) is 0.980. The monoisotopic (exact) mass is 640 g/mol. The summed E-state index contributed by atoms with van der Waals surface area (Å²) in [6, 6.07) is 18.8. The Morgan fingerprint density at radius 3 is 1.26 bits per heavy atom. The molecule has 6 nitrogen and oxygen atoms in total. The molecule has 4 unspecified atom stereocenters. The minimum absolute atomic E-state index is 0.143. The van der Waals surface area contributed by atoms with Gasteiger partial charge in [0.25, 0.3) is 0 Å². The van der Waals surface area contributed by atoms with Crippen molar-refractivity contribution in [2.75, 3.05) is 62.4 Å². The van der Waals surface area contributed by atoms with Crippen LogP contribution in [-0.2, 0) is 25.0 Å². The Bertz CT molecular complexity index is 1510. The van der Waals surface area contributed by atoms with E-state index in [1.807, 2.05) is 0 Å². The number of hydrogen-bond acceptors (Lipinski definition) is 6. The van der Waals surface area contributed by atoms with Crippen molar-refractivity contribution in [3.8, 4) is 0 Å². The maximum absolute atomic E-state index is 9.77. The van der Waals surface area contributed by atoms with E-state index >= 15 is 0 Å². The van der Waals surface area contributed by atoms with Crippen LogP contribution in [0.4, 0.5) is 11.4 Å². The van der Waals surface area contributed by atoms with Gasteiger partial charge in [-0.2, -0.15) is 0 Å². The lowest BCUT2D eigenvalue weighted by molar-refractivity contribution is 0.238. The zero-order chi connectivity index (χ0) is 33.7. The minimum Gasteiger partial charge on any atom is -0.396 e. The van der Waals surface area contributed by atoms with Gasteiger partial charge in [0, 0.05) is 55.0 Å². The fourth-order valence-corrected chi connectivity index (χ4v) is 7.47. The zero-order valence-corrected chi connectivity index (χ0v) is 30.2. The quantitative estimate of drug-likeness (QED) is 0.180. The molecule has 0 amide bonds. The Hall–Kier alpha value is -2.90. The van der Waals surface area contributed by atoms with Crippen LogP contribution in [-0.4, -0.2) is 76.0 Å². The number of anilines is 2. The highest BCUT2D eigenvalue weighted by Crippen LogP contribution is 2.40. The molecule has 0 radical (unpaired) electrons. The summed E-state index contributed by atoms with van der Waals surface area (Å²) < 4.78 is 16.8. The first kappa shape index (κ1) is 34.0. The van der Waals surface area contributed by atoms with Crippen molar-refractivity contribution >= 4 is 11.4 Å². The summed E-state index contributed by atoms with van der Waals surface area (Å²) in [5.74, 6) is 0.205. The van der Waals surface area contributed by atoms with E-state index in [2.05, 4.69) is 121 Å². The molecule has 0 bridgehead atoms. The number of benzene rings is 3. The first-order valence-electron chi connectivity index (χ1n) is 17.6. The fraction of sp³-hybridized carbons (Fsp3) is 0.561. The van der Waals surface area contributed by atoms with Crippen LogP contribution in [0.1, 0.15) is 79.1 Å². The molecule has 0 saturated carbocycles. The lowest BCUT2D eigenvalue weighted by Crippen LogP contribution is -2.34. The lowest BCUT2D eigenvalue weighted by atomic mass is 9.73. The Kier molecular flexibility index (Phi) is 9.54. The van der Waals surface area contributed by atoms with Crippen LogP contribution in [0.15, 0.2) is 48.5 Å². The molecule has 1 N–H and O–H groups in total. The van der Waals surface area contributed by atoms with Crippen molar-refractivity contribution in [2.45, 2.75) is 91.5 Å². The van der Waals surface area contributed by atoms with E-state index in [9.17, 15) is 5.11 Å². The van der Waals surface area contributed by atoms with Crippen LogP contribution in [0.5, 0.6) is 0 Å². The van der Waals surface area contributed by atoms with E-state index in [1.54, 1.807) is 0 Å². The molecule has 3 aliphatic heterocycles. The molecule has 3 aliphatic rings. The summed E-state index contributed by atoms with van der Waals surface area (Å²) in [5.41, 5.74) is 12.8. The third kappa shape index (κ3) is 7.57. The standard InChI is InChI=1S/C41H56N2O4/c1-26(22-44)18-42(19-35-23-45-35)38-27(2)14-33(15-28(38)3)40(6,7)31-10-12-32(13-11-31)41(8,9)34-16-29(4)39(30(5)17-34)43(20-36-24-46-36)21-37-25-47-37/h10-17,26,35-37,44H,18-25H2,1-9H3. The van der Waals surface area contributed by atoms with Crippen molar-refractivity contribution in [1.82, 2.24) is 0 Å². The molecule has 3 aromatic carbocycles. The van der Waals surface area contributed by atoms with Crippen molar-refractivity contribution in [2.24, 2.45) is 5.92 Å². The molecule has 6 rings (SSSR count). The van der Waals surface area contributed by atoms with Crippen LogP contribution in [0.2, 0.25) is 0 Å². The molecule has 0 aromatic heterocycles. The highest BCUT2D eigenvalue weighted by Gasteiger charge is 2.34. The average Bonchev–Trinajstić information content (AvgIpc) is 3.86. The van der Waals surface area contributed by atoms with Crippen LogP contribution < -0.4 is 9.80 Å². The van der Waals surface area contributed by atoms with Gasteiger partial charge in [-0.05, 0) is 78.1 Å². The summed E-state index contributed by atoms with van der Waals surface area (Å²) in [4.78, 5) is 4.91. The van der Waals surface area contributed by atoms with E-state index < -0.39 is 0 Å². The van der Waals surface area contributed by atoms with Crippen LogP contribution in [0, 0.1) is 33.6 Å². The fourth-order valence-electron chi connectivity index (χ4n) is 7.47. The molecular weight excluding hydrogens is 584 g/mol. The lowest BCUT2D eigenvalue weighted by Gasteiger charge is -2.33.